The van der Waals surface area contributed by atoms with Crippen LogP contribution in [0.3, 0.4) is 0 Å². The highest BCUT2D eigenvalue weighted by molar-refractivity contribution is 5.78. The minimum absolute atomic E-state index is 0.163. The largest absolute Gasteiger partial charge is 0.481 e. The molecule has 0 saturated heterocycles. The van der Waals surface area contributed by atoms with Crippen molar-refractivity contribution < 1.29 is 24.2 Å². The maximum atomic E-state index is 11.7. The summed E-state index contributed by atoms with van der Waals surface area (Å²) < 4.78 is 10.1. The van der Waals surface area contributed by atoms with Gasteiger partial charge in [-0.25, -0.2) is 4.79 Å². The zero-order chi connectivity index (χ0) is 15.0. The standard InChI is InChI=1S/C13H24N2O5/c1-19-8-10(20-2)7-14-12(18)15-9-13(11(16)17)5-3-4-6-13/h10H,3-9H2,1-2H3,(H,16,17)(H2,14,15,18). The molecule has 0 radical (unpaired) electrons. The van der Waals surface area contributed by atoms with Crippen molar-refractivity contribution >= 4 is 12.0 Å². The van der Waals surface area contributed by atoms with E-state index in [1.165, 1.54) is 0 Å². The van der Waals surface area contributed by atoms with Crippen LogP contribution in [0, 0.1) is 5.41 Å². The Bertz CT molecular complexity index is 329. The van der Waals surface area contributed by atoms with Gasteiger partial charge in [0.2, 0.25) is 0 Å². The molecule has 116 valence electrons. The molecular formula is C13H24N2O5. The van der Waals surface area contributed by atoms with Crippen molar-refractivity contribution in [3.05, 3.63) is 0 Å². The first-order valence-corrected chi connectivity index (χ1v) is 6.81. The van der Waals surface area contributed by atoms with Gasteiger partial charge in [0.25, 0.3) is 0 Å². The molecule has 1 unspecified atom stereocenters. The maximum absolute atomic E-state index is 11.7. The summed E-state index contributed by atoms with van der Waals surface area (Å²) in [6, 6.07) is -0.379. The first-order chi connectivity index (χ1) is 9.54. The van der Waals surface area contributed by atoms with Crippen LogP contribution in [-0.4, -0.2) is 57.1 Å². The summed E-state index contributed by atoms with van der Waals surface area (Å²) in [6.07, 6.45) is 2.82. The van der Waals surface area contributed by atoms with Gasteiger partial charge in [0, 0.05) is 27.3 Å². The molecule has 0 spiro atoms. The Kier molecular flexibility index (Phi) is 6.74. The lowest BCUT2D eigenvalue weighted by Crippen LogP contribution is -2.47. The van der Waals surface area contributed by atoms with Crippen molar-refractivity contribution in [2.45, 2.75) is 31.8 Å². The Balaban J connectivity index is 2.33. The molecule has 2 amide bonds. The number of carboxylic acids is 1. The van der Waals surface area contributed by atoms with Crippen molar-refractivity contribution in [1.82, 2.24) is 10.6 Å². The second kappa shape index (κ2) is 8.06. The smallest absolute Gasteiger partial charge is 0.314 e. The Morgan fingerprint density at radius 3 is 2.40 bits per heavy atom. The van der Waals surface area contributed by atoms with Gasteiger partial charge in [-0.1, -0.05) is 12.8 Å². The Hall–Kier alpha value is -1.34. The molecule has 1 saturated carbocycles. The lowest BCUT2D eigenvalue weighted by atomic mass is 9.86. The number of carboxylic acid groups (broad SMARTS) is 1. The predicted octanol–water partition coefficient (Wildman–Crippen LogP) is 0.592. The Morgan fingerprint density at radius 2 is 1.90 bits per heavy atom. The average molecular weight is 288 g/mol. The highest BCUT2D eigenvalue weighted by atomic mass is 16.5. The van der Waals surface area contributed by atoms with Crippen molar-refractivity contribution in [3.8, 4) is 0 Å². The van der Waals surface area contributed by atoms with Crippen molar-refractivity contribution in [2.24, 2.45) is 5.41 Å². The zero-order valence-electron chi connectivity index (χ0n) is 12.1. The molecular weight excluding hydrogens is 264 g/mol. The van der Waals surface area contributed by atoms with Gasteiger partial charge in [-0.05, 0) is 12.8 Å². The maximum Gasteiger partial charge on any atom is 0.314 e. The van der Waals surface area contributed by atoms with Gasteiger partial charge in [0.1, 0.15) is 0 Å². The van der Waals surface area contributed by atoms with Crippen LogP contribution in [-0.2, 0) is 14.3 Å². The molecule has 0 bridgehead atoms. The minimum atomic E-state index is -0.829. The van der Waals surface area contributed by atoms with Crippen molar-refractivity contribution in [1.29, 1.82) is 0 Å². The first kappa shape index (κ1) is 16.7. The first-order valence-electron chi connectivity index (χ1n) is 6.81. The fraction of sp³-hybridized carbons (Fsp3) is 0.846. The third-order valence-electron chi connectivity index (χ3n) is 3.78. The van der Waals surface area contributed by atoms with Crippen LogP contribution in [0.4, 0.5) is 4.79 Å². The number of hydrogen-bond acceptors (Lipinski definition) is 4. The van der Waals surface area contributed by atoms with E-state index in [1.54, 1.807) is 14.2 Å². The highest BCUT2D eigenvalue weighted by Crippen LogP contribution is 2.37. The molecule has 0 aromatic heterocycles. The van der Waals surface area contributed by atoms with Crippen LogP contribution in [0.25, 0.3) is 0 Å². The Labute approximate surface area is 119 Å². The fourth-order valence-electron chi connectivity index (χ4n) is 2.43. The number of urea groups is 1. The number of methoxy groups -OCH3 is 2. The zero-order valence-corrected chi connectivity index (χ0v) is 12.1. The van der Waals surface area contributed by atoms with Crippen molar-refractivity contribution in [3.63, 3.8) is 0 Å². The van der Waals surface area contributed by atoms with Gasteiger partial charge in [0.15, 0.2) is 0 Å². The molecule has 7 heteroatoms. The third kappa shape index (κ3) is 4.64. The number of carbonyl (C=O) groups excluding carboxylic acids is 1. The topological polar surface area (TPSA) is 96.9 Å². The van der Waals surface area contributed by atoms with Crippen molar-refractivity contribution in [2.75, 3.05) is 33.9 Å². The van der Waals surface area contributed by atoms with Gasteiger partial charge >= 0.3 is 12.0 Å². The van der Waals surface area contributed by atoms with E-state index in [1.807, 2.05) is 0 Å². The minimum Gasteiger partial charge on any atom is -0.481 e. The van der Waals surface area contributed by atoms with Crippen LogP contribution in [0.15, 0.2) is 0 Å². The van der Waals surface area contributed by atoms with Crippen LogP contribution in [0.2, 0.25) is 0 Å². The molecule has 1 aliphatic carbocycles. The summed E-state index contributed by atoms with van der Waals surface area (Å²) in [5, 5.41) is 14.6. The lowest BCUT2D eigenvalue weighted by molar-refractivity contribution is -0.148. The molecule has 1 atom stereocenters. The van der Waals surface area contributed by atoms with E-state index in [0.29, 0.717) is 26.0 Å². The average Bonchev–Trinajstić information content (AvgIpc) is 2.91. The molecule has 1 fully saturated rings. The fourth-order valence-corrected chi connectivity index (χ4v) is 2.43. The number of hydrogen-bond donors (Lipinski definition) is 3. The molecule has 7 nitrogen and oxygen atoms in total. The number of aliphatic carboxylic acids is 1. The van der Waals surface area contributed by atoms with E-state index in [4.69, 9.17) is 9.47 Å². The van der Waals surface area contributed by atoms with Gasteiger partial charge in [0.05, 0.1) is 18.1 Å². The lowest BCUT2D eigenvalue weighted by Gasteiger charge is -2.24. The molecule has 0 heterocycles. The second-order valence-corrected chi connectivity index (χ2v) is 5.17. The molecule has 1 aliphatic rings. The van der Waals surface area contributed by atoms with E-state index < -0.39 is 11.4 Å². The molecule has 0 aliphatic heterocycles. The third-order valence-corrected chi connectivity index (χ3v) is 3.78. The number of nitrogens with one attached hydrogen (secondary N) is 2. The number of carbonyl (C=O) groups is 2. The summed E-state index contributed by atoms with van der Waals surface area (Å²) >= 11 is 0. The summed E-state index contributed by atoms with van der Waals surface area (Å²) in [5.41, 5.74) is -0.801. The van der Waals surface area contributed by atoms with Gasteiger partial charge < -0.3 is 25.2 Å². The number of rotatable bonds is 8. The quantitative estimate of drug-likeness (QED) is 0.607. The van der Waals surface area contributed by atoms with Crippen LogP contribution in [0.5, 0.6) is 0 Å². The van der Waals surface area contributed by atoms with E-state index in [-0.39, 0.29) is 18.7 Å². The van der Waals surface area contributed by atoms with Gasteiger partial charge in [-0.15, -0.1) is 0 Å². The monoisotopic (exact) mass is 288 g/mol. The van der Waals surface area contributed by atoms with Crippen LogP contribution < -0.4 is 10.6 Å². The molecule has 0 aromatic rings. The van der Waals surface area contributed by atoms with Crippen LogP contribution >= 0.6 is 0 Å². The van der Waals surface area contributed by atoms with E-state index in [2.05, 4.69) is 10.6 Å². The van der Waals surface area contributed by atoms with E-state index >= 15 is 0 Å². The summed E-state index contributed by atoms with van der Waals surface area (Å²) in [5.74, 6) is -0.829. The van der Waals surface area contributed by atoms with Gasteiger partial charge in [-0.2, -0.15) is 0 Å². The molecule has 1 rings (SSSR count). The molecule has 0 aromatic carbocycles. The normalized spacial score (nSPS) is 18.5. The van der Waals surface area contributed by atoms with Crippen LogP contribution in [0.1, 0.15) is 25.7 Å². The SMILES string of the molecule is COCC(CNC(=O)NCC1(C(=O)O)CCCC1)OC. The summed E-state index contributed by atoms with van der Waals surface area (Å²) in [6.45, 7) is 0.863. The van der Waals surface area contributed by atoms with E-state index in [9.17, 15) is 14.7 Å². The molecule has 20 heavy (non-hydrogen) atoms. The van der Waals surface area contributed by atoms with E-state index in [0.717, 1.165) is 12.8 Å². The highest BCUT2D eigenvalue weighted by Gasteiger charge is 2.41. The molecule has 3 N–H and O–H groups in total. The summed E-state index contributed by atoms with van der Waals surface area (Å²) in [7, 11) is 3.10. The Morgan fingerprint density at radius 1 is 1.25 bits per heavy atom. The number of amides is 2. The van der Waals surface area contributed by atoms with Gasteiger partial charge in [-0.3, -0.25) is 4.79 Å². The second-order valence-electron chi connectivity index (χ2n) is 5.17. The number of ether oxygens (including phenoxy) is 2. The summed E-state index contributed by atoms with van der Waals surface area (Å²) in [4.78, 5) is 23.0. The predicted molar refractivity (Wildman–Crippen MR) is 72.6 cm³/mol.